The Morgan fingerprint density at radius 3 is 2.21 bits per heavy atom. The van der Waals surface area contributed by atoms with Crippen LogP contribution in [0.15, 0.2) is 52.3 Å². The minimum absolute atomic E-state index is 0.0376. The first kappa shape index (κ1) is 30.6. The Morgan fingerprint density at radius 2 is 1.67 bits per heavy atom. The van der Waals surface area contributed by atoms with E-state index in [-0.39, 0.29) is 47.7 Å². The summed E-state index contributed by atoms with van der Waals surface area (Å²) in [7, 11) is -7.99. The third kappa shape index (κ3) is 7.59. The van der Waals surface area contributed by atoms with Crippen LogP contribution in [0.2, 0.25) is 0 Å². The lowest BCUT2D eigenvalue weighted by atomic mass is 9.91. The van der Waals surface area contributed by atoms with Gasteiger partial charge in [-0.15, -0.1) is 13.2 Å². The third-order valence-electron chi connectivity index (χ3n) is 6.33. The summed E-state index contributed by atoms with van der Waals surface area (Å²) >= 11 is 0. The molecule has 1 saturated heterocycles. The van der Waals surface area contributed by atoms with Gasteiger partial charge in [0.15, 0.2) is 19.7 Å². The minimum atomic E-state index is -4.99. The number of piperidine rings is 1. The summed E-state index contributed by atoms with van der Waals surface area (Å²) in [6.07, 6.45) is -3.58. The molecule has 39 heavy (non-hydrogen) atoms. The highest BCUT2D eigenvalue weighted by Crippen LogP contribution is 2.34. The van der Waals surface area contributed by atoms with E-state index >= 15 is 0 Å². The number of alkyl halides is 5. The van der Waals surface area contributed by atoms with Crippen molar-refractivity contribution in [2.24, 2.45) is 5.92 Å². The normalized spacial score (nSPS) is 16.3. The smallest absolute Gasteiger partial charge is 0.435 e. The van der Waals surface area contributed by atoms with E-state index in [1.165, 1.54) is 11.0 Å². The number of carbonyl (C=O) groups is 1. The van der Waals surface area contributed by atoms with E-state index in [9.17, 15) is 43.6 Å². The molecule has 1 unspecified atom stereocenters. The van der Waals surface area contributed by atoms with Crippen LogP contribution in [-0.2, 0) is 19.7 Å². The molecule has 0 bridgehead atoms. The van der Waals surface area contributed by atoms with Crippen LogP contribution in [0.5, 0.6) is 11.5 Å². The molecule has 216 valence electrons. The molecule has 1 fully saturated rings. The Kier molecular flexibility index (Phi) is 9.15. The molecule has 0 radical (unpaired) electrons. The highest BCUT2D eigenvalue weighted by atomic mass is 32.2. The molecule has 0 spiro atoms. The van der Waals surface area contributed by atoms with Crippen molar-refractivity contribution >= 4 is 25.6 Å². The molecule has 0 saturated carbocycles. The van der Waals surface area contributed by atoms with Crippen molar-refractivity contribution in [3.8, 4) is 11.5 Å². The first-order valence-electron chi connectivity index (χ1n) is 11.7. The van der Waals surface area contributed by atoms with Crippen LogP contribution in [0, 0.1) is 5.92 Å². The SMILES string of the molecule is CCC(C1CCN(C(=O)c2cc(OC(F)F)ccc2S(C)(=O)=O)CC1)S(=O)(=O)c1cccc(OC(F)(F)F)c1. The summed E-state index contributed by atoms with van der Waals surface area (Å²) in [6.45, 7) is -1.49. The van der Waals surface area contributed by atoms with Gasteiger partial charge in [0.1, 0.15) is 11.5 Å². The molecular formula is C24H26F5NO7S2. The van der Waals surface area contributed by atoms with Crippen LogP contribution in [0.4, 0.5) is 22.0 Å². The van der Waals surface area contributed by atoms with Gasteiger partial charge in [-0.2, -0.15) is 8.78 Å². The van der Waals surface area contributed by atoms with Gasteiger partial charge in [0.2, 0.25) is 0 Å². The number of rotatable bonds is 9. The Labute approximate surface area is 222 Å². The summed E-state index contributed by atoms with van der Waals surface area (Å²) in [4.78, 5) is 13.8. The van der Waals surface area contributed by atoms with Gasteiger partial charge in [-0.25, -0.2) is 16.8 Å². The molecule has 1 aliphatic rings. The van der Waals surface area contributed by atoms with Gasteiger partial charge in [0.25, 0.3) is 5.91 Å². The molecule has 0 aliphatic carbocycles. The lowest BCUT2D eigenvalue weighted by Crippen LogP contribution is -2.43. The number of halogens is 5. The lowest BCUT2D eigenvalue weighted by Gasteiger charge is -2.36. The number of amides is 1. The summed E-state index contributed by atoms with van der Waals surface area (Å²) in [5, 5.41) is -0.967. The number of hydrogen-bond acceptors (Lipinski definition) is 7. The van der Waals surface area contributed by atoms with Crippen molar-refractivity contribution in [2.45, 2.75) is 54.2 Å². The second-order valence-corrected chi connectivity index (χ2v) is 13.1. The van der Waals surface area contributed by atoms with E-state index < -0.39 is 61.2 Å². The van der Waals surface area contributed by atoms with Gasteiger partial charge in [0.05, 0.1) is 20.6 Å². The zero-order chi connectivity index (χ0) is 29.2. The summed E-state index contributed by atoms with van der Waals surface area (Å²) in [5.41, 5.74) is -0.352. The lowest BCUT2D eigenvalue weighted by molar-refractivity contribution is -0.274. The fourth-order valence-electron chi connectivity index (χ4n) is 4.65. The van der Waals surface area contributed by atoms with Crippen molar-refractivity contribution in [3.63, 3.8) is 0 Å². The summed E-state index contributed by atoms with van der Waals surface area (Å²) in [5.74, 6) is -2.27. The van der Waals surface area contributed by atoms with Gasteiger partial charge >= 0.3 is 13.0 Å². The highest BCUT2D eigenvalue weighted by Gasteiger charge is 2.38. The molecule has 3 rings (SSSR count). The zero-order valence-electron chi connectivity index (χ0n) is 20.8. The van der Waals surface area contributed by atoms with Crippen molar-refractivity contribution in [1.82, 2.24) is 4.90 Å². The van der Waals surface area contributed by atoms with Crippen LogP contribution < -0.4 is 9.47 Å². The molecule has 2 aromatic carbocycles. The largest absolute Gasteiger partial charge is 0.573 e. The molecular weight excluding hydrogens is 573 g/mol. The van der Waals surface area contributed by atoms with E-state index in [1.54, 1.807) is 6.92 Å². The van der Waals surface area contributed by atoms with Gasteiger partial charge in [-0.05, 0) is 61.6 Å². The van der Waals surface area contributed by atoms with E-state index in [1.807, 2.05) is 0 Å². The summed E-state index contributed by atoms with van der Waals surface area (Å²) < 4.78 is 122. The summed E-state index contributed by atoms with van der Waals surface area (Å²) in [6, 6.07) is 7.07. The predicted molar refractivity (Wildman–Crippen MR) is 129 cm³/mol. The first-order valence-corrected chi connectivity index (χ1v) is 15.1. The maximum atomic E-state index is 13.3. The maximum Gasteiger partial charge on any atom is 0.573 e. The van der Waals surface area contributed by atoms with Crippen LogP contribution in [0.3, 0.4) is 0 Å². The van der Waals surface area contributed by atoms with Gasteiger partial charge in [0, 0.05) is 19.3 Å². The number of benzene rings is 2. The number of sulfone groups is 2. The van der Waals surface area contributed by atoms with Crippen molar-refractivity contribution < 1.29 is 53.1 Å². The maximum absolute atomic E-state index is 13.3. The quantitative estimate of drug-likeness (QED) is 0.385. The monoisotopic (exact) mass is 599 g/mol. The number of ether oxygens (including phenoxy) is 2. The van der Waals surface area contributed by atoms with Gasteiger partial charge in [-0.1, -0.05) is 13.0 Å². The van der Waals surface area contributed by atoms with Crippen LogP contribution in [0.1, 0.15) is 36.5 Å². The molecule has 1 heterocycles. The average Bonchev–Trinajstić information content (AvgIpc) is 2.82. The van der Waals surface area contributed by atoms with Gasteiger partial charge in [-0.3, -0.25) is 4.79 Å². The molecule has 8 nitrogen and oxygen atoms in total. The fourth-order valence-corrected chi connectivity index (χ4v) is 7.63. The first-order chi connectivity index (χ1) is 18.0. The topological polar surface area (TPSA) is 107 Å². The number of nitrogens with zero attached hydrogens (tertiary/aromatic N) is 1. The van der Waals surface area contributed by atoms with E-state index in [4.69, 9.17) is 0 Å². The van der Waals surface area contributed by atoms with E-state index in [2.05, 4.69) is 9.47 Å². The molecule has 1 aliphatic heterocycles. The molecule has 15 heteroatoms. The molecule has 0 aromatic heterocycles. The number of likely N-dealkylation sites (tertiary alicyclic amines) is 1. The Balaban J connectivity index is 1.80. The minimum Gasteiger partial charge on any atom is -0.435 e. The van der Waals surface area contributed by atoms with E-state index in [0.717, 1.165) is 42.7 Å². The van der Waals surface area contributed by atoms with Crippen molar-refractivity contribution in [1.29, 1.82) is 0 Å². The van der Waals surface area contributed by atoms with Crippen LogP contribution in [0.25, 0.3) is 0 Å². The predicted octanol–water partition coefficient (Wildman–Crippen LogP) is 4.69. The van der Waals surface area contributed by atoms with Crippen LogP contribution in [-0.4, -0.2) is 65.2 Å². The number of hydrogen-bond donors (Lipinski definition) is 0. The number of carbonyl (C=O) groups excluding carboxylic acids is 1. The Hall–Kier alpha value is -2.94. The molecule has 0 N–H and O–H groups in total. The Morgan fingerprint density at radius 1 is 1.03 bits per heavy atom. The Bertz CT molecular complexity index is 1400. The zero-order valence-corrected chi connectivity index (χ0v) is 22.5. The van der Waals surface area contributed by atoms with E-state index in [0.29, 0.717) is 0 Å². The van der Waals surface area contributed by atoms with Crippen LogP contribution >= 0.6 is 0 Å². The second kappa shape index (κ2) is 11.7. The third-order valence-corrected chi connectivity index (χ3v) is 9.91. The molecule has 2 aromatic rings. The average molecular weight is 600 g/mol. The van der Waals surface area contributed by atoms with Crippen molar-refractivity contribution in [3.05, 3.63) is 48.0 Å². The molecule has 1 atom stereocenters. The van der Waals surface area contributed by atoms with Crippen molar-refractivity contribution in [2.75, 3.05) is 19.3 Å². The molecule has 1 amide bonds. The second-order valence-electron chi connectivity index (χ2n) is 8.95. The van der Waals surface area contributed by atoms with Gasteiger partial charge < -0.3 is 14.4 Å². The highest BCUT2D eigenvalue weighted by molar-refractivity contribution is 7.92. The standard InChI is InChI=1S/C24H26F5NO7S2/c1-3-20(39(34,35)18-6-4-5-17(13-18)37-24(27,28)29)15-9-11-30(12-10-15)22(31)19-14-16(36-23(25)26)7-8-21(19)38(2,32)33/h4-8,13-15,20,23H,3,9-12H2,1-2H3. The fraction of sp³-hybridized carbons (Fsp3) is 0.458.